The summed E-state index contributed by atoms with van der Waals surface area (Å²) in [7, 11) is -21.7. The molecule has 28 nitrogen and oxygen atoms in total. The summed E-state index contributed by atoms with van der Waals surface area (Å²) in [6.45, 7) is -2.16. The predicted molar refractivity (Wildman–Crippen MR) is 162 cm³/mol. The number of anilines is 1. The molecule has 32 heteroatoms. The van der Waals surface area contributed by atoms with Crippen LogP contribution >= 0.6 is 31.3 Å². The number of phosphoric acid groups is 4. The maximum Gasteiger partial charge on any atom is 0.490 e. The van der Waals surface area contributed by atoms with Crippen molar-refractivity contribution in [2.75, 3.05) is 26.1 Å². The first-order chi connectivity index (χ1) is 24.1. The molecule has 5 rings (SSSR count). The molecule has 52 heavy (non-hydrogen) atoms. The number of aromatic amines is 1. The number of nitrogen functional groups attached to an aromatic ring is 1. The number of nitrogens with two attached hydrogens (primary N) is 1. The number of aliphatic hydroxyl groups is 2. The molecule has 290 valence electrons. The van der Waals surface area contributed by atoms with E-state index in [2.05, 4.69) is 28.1 Å². The Morgan fingerprint density at radius 1 is 0.846 bits per heavy atom. The summed E-state index contributed by atoms with van der Waals surface area (Å²) in [6, 6.07) is 0.932. The maximum absolute atomic E-state index is 13.3. The number of nitrogens with one attached hydrogen (secondary N) is 1. The number of rotatable bonds is 15. The highest BCUT2D eigenvalue weighted by atomic mass is 31.3. The lowest BCUT2D eigenvalue weighted by Gasteiger charge is -2.26. The Bertz CT molecular complexity index is 2090. The van der Waals surface area contributed by atoms with Crippen molar-refractivity contribution >= 4 is 48.3 Å². The van der Waals surface area contributed by atoms with E-state index in [1.165, 1.54) is 4.57 Å². The Balaban J connectivity index is 1.36. The average molecular weight is 827 g/mol. The molecule has 0 saturated carbocycles. The summed E-state index contributed by atoms with van der Waals surface area (Å²) in [6.07, 6.45) is -10.0. The second-order valence-corrected chi connectivity index (χ2v) is 16.5. The summed E-state index contributed by atoms with van der Waals surface area (Å²) in [5.74, 6) is -0.0601. The highest BCUT2D eigenvalue weighted by Gasteiger charge is 2.52. The van der Waals surface area contributed by atoms with Gasteiger partial charge < -0.3 is 54.6 Å². The first-order valence-electron chi connectivity index (χ1n) is 14.0. The van der Waals surface area contributed by atoms with Crippen LogP contribution in [0.4, 0.5) is 5.82 Å². The predicted octanol–water partition coefficient (Wildman–Crippen LogP) is -2.66. The molecule has 2 aliphatic heterocycles. The Labute approximate surface area is 287 Å². The maximum atomic E-state index is 13.3. The van der Waals surface area contributed by atoms with Gasteiger partial charge in [-0.05, 0) is 0 Å². The molecule has 3 aromatic rings. The van der Waals surface area contributed by atoms with Crippen molar-refractivity contribution in [3.63, 3.8) is 0 Å². The van der Waals surface area contributed by atoms with E-state index < -0.39 is 105 Å². The van der Waals surface area contributed by atoms with Crippen molar-refractivity contribution in [3.8, 4) is 0 Å². The van der Waals surface area contributed by atoms with Crippen molar-refractivity contribution in [3.05, 3.63) is 45.8 Å². The molecule has 0 bridgehead atoms. The number of aliphatic hydroxyl groups excluding tert-OH is 2. The van der Waals surface area contributed by atoms with Crippen LogP contribution in [0.2, 0.25) is 0 Å². The van der Waals surface area contributed by atoms with Gasteiger partial charge >= 0.3 is 37.0 Å². The fraction of sp³-hybridized carbons (Fsp3) is 0.550. The number of hydrogen-bond donors (Lipinski definition) is 9. The molecule has 0 aromatic carbocycles. The smallest absolute Gasteiger partial charge is 0.387 e. The zero-order valence-corrected chi connectivity index (χ0v) is 29.4. The molecule has 4 unspecified atom stereocenters. The molecule has 2 saturated heterocycles. The van der Waals surface area contributed by atoms with Gasteiger partial charge in [0.25, 0.3) is 5.56 Å². The number of fused-ring (bicyclic) bond motifs is 1. The molecule has 5 heterocycles. The molecule has 3 aromatic heterocycles. The van der Waals surface area contributed by atoms with Crippen LogP contribution in [0.15, 0.2) is 34.5 Å². The molecule has 0 spiro atoms. The van der Waals surface area contributed by atoms with Crippen molar-refractivity contribution in [2.24, 2.45) is 0 Å². The molecule has 0 radical (unpaired) electrons. The summed E-state index contributed by atoms with van der Waals surface area (Å²) in [5.41, 5.74) is 4.18. The average Bonchev–Trinajstić information content (AvgIpc) is 3.67. The molecular formula is C20H29N7O21P4. The van der Waals surface area contributed by atoms with E-state index in [1.807, 2.05) is 4.98 Å². The Morgan fingerprint density at radius 2 is 1.50 bits per heavy atom. The lowest BCUT2D eigenvalue weighted by Crippen LogP contribution is -2.38. The SMILES string of the molecule is CO[C@@H]1[C@H](OP(=O)(O)OC[C@H]2O[C@@H](n3ccc(=O)[nH]c3=O)[C@H](O)[C@@H]2O)C(COP(=O)(O)OP(=O)(O)OP(=O)(O)O)O[C@H]1n1cnc2c(N)ncnc21. The van der Waals surface area contributed by atoms with E-state index in [4.69, 9.17) is 38.8 Å². The molecule has 0 amide bonds. The number of ether oxygens (including phenoxy) is 3. The van der Waals surface area contributed by atoms with E-state index in [1.54, 1.807) is 0 Å². The fourth-order valence-electron chi connectivity index (χ4n) is 5.05. The van der Waals surface area contributed by atoms with E-state index in [-0.39, 0.29) is 17.0 Å². The van der Waals surface area contributed by atoms with Crippen LogP contribution in [-0.2, 0) is 54.7 Å². The molecule has 10 N–H and O–H groups in total. The van der Waals surface area contributed by atoms with Gasteiger partial charge in [-0.1, -0.05) is 0 Å². The fourth-order valence-corrected chi connectivity index (χ4v) is 9.04. The van der Waals surface area contributed by atoms with Crippen LogP contribution in [-0.4, -0.2) is 121 Å². The van der Waals surface area contributed by atoms with Crippen molar-refractivity contribution in [1.29, 1.82) is 0 Å². The van der Waals surface area contributed by atoms with E-state index >= 15 is 0 Å². The minimum Gasteiger partial charge on any atom is -0.387 e. The Kier molecular flexibility index (Phi) is 11.9. The van der Waals surface area contributed by atoms with Crippen LogP contribution in [0.1, 0.15) is 12.5 Å². The lowest BCUT2D eigenvalue weighted by molar-refractivity contribution is -0.0610. The van der Waals surface area contributed by atoms with Crippen molar-refractivity contribution < 1.29 is 89.3 Å². The van der Waals surface area contributed by atoms with Gasteiger partial charge in [-0.15, -0.1) is 0 Å². The van der Waals surface area contributed by atoms with Gasteiger partial charge in [-0.25, -0.2) is 38.0 Å². The molecule has 2 fully saturated rings. The van der Waals surface area contributed by atoms with E-state index in [0.29, 0.717) is 0 Å². The van der Waals surface area contributed by atoms with Crippen molar-refractivity contribution in [2.45, 2.75) is 49.1 Å². The van der Waals surface area contributed by atoms with Gasteiger partial charge in [-0.3, -0.25) is 32.5 Å². The van der Waals surface area contributed by atoms with Crippen molar-refractivity contribution in [1.82, 2.24) is 29.1 Å². The van der Waals surface area contributed by atoms with Gasteiger partial charge in [0.1, 0.15) is 48.5 Å². The van der Waals surface area contributed by atoms with Gasteiger partial charge in [-0.2, -0.15) is 8.62 Å². The van der Waals surface area contributed by atoms with Gasteiger partial charge in [0.05, 0.1) is 19.5 Å². The topological polar surface area (TPSA) is 408 Å². The highest BCUT2D eigenvalue weighted by Crippen LogP contribution is 2.66. The largest absolute Gasteiger partial charge is 0.490 e. The first kappa shape index (κ1) is 40.5. The molecule has 11 atom stereocenters. The second kappa shape index (κ2) is 15.2. The zero-order chi connectivity index (χ0) is 38.4. The van der Waals surface area contributed by atoms with Crippen LogP contribution in [0.3, 0.4) is 0 Å². The number of methoxy groups -OCH3 is 1. The zero-order valence-electron chi connectivity index (χ0n) is 25.8. The molecular weight excluding hydrogens is 798 g/mol. The normalized spacial score (nSPS) is 30.2. The second-order valence-electron chi connectivity index (χ2n) is 10.6. The minimum absolute atomic E-state index is 0.0392. The quantitative estimate of drug-likeness (QED) is 0.0706. The van der Waals surface area contributed by atoms with Crippen LogP contribution < -0.4 is 17.0 Å². The monoisotopic (exact) mass is 827 g/mol. The van der Waals surface area contributed by atoms with E-state index in [0.717, 1.165) is 36.6 Å². The van der Waals surface area contributed by atoms with E-state index in [9.17, 15) is 52.7 Å². The minimum atomic E-state index is -5.93. The summed E-state index contributed by atoms with van der Waals surface area (Å²) < 4.78 is 89.5. The van der Waals surface area contributed by atoms with Crippen LogP contribution in [0.5, 0.6) is 0 Å². The number of imidazole rings is 1. The third-order valence-electron chi connectivity index (χ3n) is 7.16. The van der Waals surface area contributed by atoms with Gasteiger partial charge in [0, 0.05) is 19.4 Å². The molecule has 2 aliphatic rings. The van der Waals surface area contributed by atoms with Gasteiger partial charge in [0.2, 0.25) is 0 Å². The van der Waals surface area contributed by atoms with Crippen LogP contribution in [0.25, 0.3) is 11.2 Å². The number of nitrogens with zero attached hydrogens (tertiary/aromatic N) is 5. The number of phosphoric ester groups is 2. The van der Waals surface area contributed by atoms with Gasteiger partial charge in [0.15, 0.2) is 23.9 Å². The number of aromatic nitrogens is 6. The molecule has 0 aliphatic carbocycles. The number of H-pyrrole nitrogens is 1. The Hall–Kier alpha value is -2.65. The lowest BCUT2D eigenvalue weighted by atomic mass is 10.1. The summed E-state index contributed by atoms with van der Waals surface area (Å²) in [4.78, 5) is 85.1. The number of hydrogen-bond acceptors (Lipinski definition) is 20. The Morgan fingerprint density at radius 3 is 2.15 bits per heavy atom. The standard InChI is InChI=1S/C20H29N7O21P4/c1-41-15-14(46-50(35,36)42-4-8-12(29)13(30)18(44-8)26-3-2-10(28)25-20(26)31)9(5-43-51(37,38)48-52(39,40)47-49(32,33)34)45-19(15)27-7-24-11-16(21)22-6-23-17(11)27/h2-3,6-9,12-15,18-19,29-30H,4-5H2,1H3,(H,35,36)(H,37,38)(H,39,40)(H2,21,22,23)(H,25,28,31)(H2,32,33,34)/t8-,9?,12-,13-,14-,15-,18-,19-/m1/s1. The first-order valence-corrected chi connectivity index (χ1v) is 20.0. The third-order valence-corrected chi connectivity index (χ3v) is 11.9. The third kappa shape index (κ3) is 9.34. The summed E-state index contributed by atoms with van der Waals surface area (Å²) in [5, 5.41) is 20.9. The van der Waals surface area contributed by atoms with Crippen LogP contribution in [0, 0.1) is 0 Å². The summed E-state index contributed by atoms with van der Waals surface area (Å²) >= 11 is 0. The highest BCUT2D eigenvalue weighted by molar-refractivity contribution is 7.66.